The topological polar surface area (TPSA) is 49.6 Å². The second-order valence-electron chi connectivity index (χ2n) is 8.71. The fraction of sp³-hybridized carbons (Fsp3) is 0.321. The molecule has 166 valence electrons. The first kappa shape index (κ1) is 22.3. The zero-order valence-corrected chi connectivity index (χ0v) is 18.7. The molecule has 0 radical (unpaired) electrons. The van der Waals surface area contributed by atoms with E-state index in [0.29, 0.717) is 6.42 Å². The summed E-state index contributed by atoms with van der Waals surface area (Å²) in [5.74, 6) is -0.282. The van der Waals surface area contributed by atoms with Crippen molar-refractivity contribution in [1.29, 1.82) is 0 Å². The minimum atomic E-state index is -0.821. The Morgan fingerprint density at radius 2 is 1.22 bits per heavy atom. The van der Waals surface area contributed by atoms with Crippen LogP contribution < -0.4 is 5.73 Å². The van der Waals surface area contributed by atoms with Crippen molar-refractivity contribution in [3.05, 3.63) is 108 Å². The molecule has 1 fully saturated rings. The smallest absolute Gasteiger partial charge is 0.232 e. The summed E-state index contributed by atoms with van der Waals surface area (Å²) in [5, 5.41) is 0. The lowest BCUT2D eigenvalue weighted by Gasteiger charge is -2.34. The maximum atomic E-state index is 13.0. The van der Waals surface area contributed by atoms with Crippen LogP contribution in [0.25, 0.3) is 0 Å². The highest BCUT2D eigenvalue weighted by Gasteiger charge is 2.40. The lowest BCUT2D eigenvalue weighted by atomic mass is 9.71. The summed E-state index contributed by atoms with van der Waals surface area (Å²) in [6, 6.07) is 30.7. The molecule has 4 nitrogen and oxygen atoms in total. The molecule has 1 heterocycles. The van der Waals surface area contributed by atoms with Crippen molar-refractivity contribution < 1.29 is 4.79 Å². The van der Waals surface area contributed by atoms with Gasteiger partial charge in [0.2, 0.25) is 5.91 Å². The van der Waals surface area contributed by atoms with Gasteiger partial charge in [0.1, 0.15) is 0 Å². The Morgan fingerprint density at radius 3 is 1.78 bits per heavy atom. The van der Waals surface area contributed by atoms with Crippen molar-refractivity contribution in [3.63, 3.8) is 0 Å². The third-order valence-corrected chi connectivity index (χ3v) is 6.69. The summed E-state index contributed by atoms with van der Waals surface area (Å²) in [4.78, 5) is 18.0. The highest BCUT2D eigenvalue weighted by Crippen LogP contribution is 2.36. The zero-order valence-electron chi connectivity index (χ0n) is 18.7. The van der Waals surface area contributed by atoms with Gasteiger partial charge in [0.25, 0.3) is 0 Å². The second kappa shape index (κ2) is 10.6. The predicted octanol–water partition coefficient (Wildman–Crippen LogP) is 4.06. The molecule has 2 N–H and O–H groups in total. The molecule has 4 rings (SSSR count). The van der Waals surface area contributed by atoms with Gasteiger partial charge in [-0.05, 0) is 49.2 Å². The van der Waals surface area contributed by atoms with Gasteiger partial charge in [-0.1, -0.05) is 91.0 Å². The molecular formula is C28H33N3O. The van der Waals surface area contributed by atoms with Gasteiger partial charge in [0.05, 0.1) is 5.41 Å². The molecule has 32 heavy (non-hydrogen) atoms. The molecule has 1 aliphatic rings. The molecule has 0 unspecified atom stereocenters. The van der Waals surface area contributed by atoms with Crippen LogP contribution in [0.3, 0.4) is 0 Å². The van der Waals surface area contributed by atoms with Gasteiger partial charge in [-0.25, -0.2) is 0 Å². The lowest BCUT2D eigenvalue weighted by Crippen LogP contribution is -2.45. The SMILES string of the molecule is NC(=O)C(CCN1CCCN(Cc2ccccc2)CC1)(c1ccccc1)c1ccccc1. The zero-order chi connectivity index (χ0) is 22.2. The molecule has 1 saturated heterocycles. The Morgan fingerprint density at radius 1 is 0.719 bits per heavy atom. The van der Waals surface area contributed by atoms with Crippen molar-refractivity contribution in [1.82, 2.24) is 9.80 Å². The molecule has 0 atom stereocenters. The molecule has 3 aromatic rings. The van der Waals surface area contributed by atoms with E-state index < -0.39 is 5.41 Å². The van der Waals surface area contributed by atoms with Gasteiger partial charge in [-0.2, -0.15) is 0 Å². The van der Waals surface area contributed by atoms with E-state index in [4.69, 9.17) is 5.73 Å². The molecule has 1 aliphatic heterocycles. The van der Waals surface area contributed by atoms with Crippen molar-refractivity contribution in [2.45, 2.75) is 24.8 Å². The summed E-state index contributed by atoms with van der Waals surface area (Å²) in [6.07, 6.45) is 1.81. The standard InChI is InChI=1S/C28H33N3O/c29-27(32)28(25-13-6-2-7-14-25,26-15-8-3-9-16-26)17-20-30-18-10-19-31(22-21-30)23-24-11-4-1-5-12-24/h1-9,11-16H,10,17-23H2,(H2,29,32). The van der Waals surface area contributed by atoms with Gasteiger partial charge in [0, 0.05) is 19.6 Å². The molecule has 0 bridgehead atoms. The molecule has 1 amide bonds. The molecule has 0 aliphatic carbocycles. The van der Waals surface area contributed by atoms with Crippen molar-refractivity contribution >= 4 is 5.91 Å². The van der Waals surface area contributed by atoms with Gasteiger partial charge >= 0.3 is 0 Å². The Bertz CT molecular complexity index is 936. The summed E-state index contributed by atoms with van der Waals surface area (Å²) in [6.45, 7) is 6.02. The molecule has 3 aromatic carbocycles. The maximum absolute atomic E-state index is 13.0. The van der Waals surface area contributed by atoms with Crippen LogP contribution >= 0.6 is 0 Å². The average molecular weight is 428 g/mol. The molecule has 0 spiro atoms. The Hall–Kier alpha value is -2.95. The van der Waals surface area contributed by atoms with Crippen LogP contribution in [0.2, 0.25) is 0 Å². The minimum absolute atomic E-state index is 0.282. The Kier molecular flexibility index (Phi) is 7.35. The number of rotatable bonds is 8. The van der Waals surface area contributed by atoms with Crippen LogP contribution in [0.4, 0.5) is 0 Å². The summed E-state index contributed by atoms with van der Waals surface area (Å²) in [7, 11) is 0. The minimum Gasteiger partial charge on any atom is -0.369 e. The van der Waals surface area contributed by atoms with Crippen LogP contribution in [0.15, 0.2) is 91.0 Å². The fourth-order valence-electron chi connectivity index (χ4n) is 4.88. The van der Waals surface area contributed by atoms with E-state index in [1.54, 1.807) is 0 Å². The third kappa shape index (κ3) is 5.09. The largest absolute Gasteiger partial charge is 0.369 e. The van der Waals surface area contributed by atoms with E-state index in [1.165, 1.54) is 5.56 Å². The number of benzene rings is 3. The molecule has 0 aromatic heterocycles. The van der Waals surface area contributed by atoms with Crippen molar-refractivity contribution in [3.8, 4) is 0 Å². The van der Waals surface area contributed by atoms with Crippen LogP contribution in [0.5, 0.6) is 0 Å². The van der Waals surface area contributed by atoms with Crippen LogP contribution in [-0.4, -0.2) is 48.4 Å². The highest BCUT2D eigenvalue weighted by atomic mass is 16.1. The first-order valence-corrected chi connectivity index (χ1v) is 11.6. The third-order valence-electron chi connectivity index (χ3n) is 6.69. The fourth-order valence-corrected chi connectivity index (χ4v) is 4.88. The van der Waals surface area contributed by atoms with Crippen molar-refractivity contribution in [2.75, 3.05) is 32.7 Å². The Balaban J connectivity index is 1.48. The van der Waals surface area contributed by atoms with Gasteiger partial charge in [-0.3, -0.25) is 9.69 Å². The summed E-state index contributed by atoms with van der Waals surface area (Å²) in [5.41, 5.74) is 8.61. The maximum Gasteiger partial charge on any atom is 0.232 e. The van der Waals surface area contributed by atoms with E-state index in [0.717, 1.165) is 56.8 Å². The van der Waals surface area contributed by atoms with E-state index in [-0.39, 0.29) is 5.91 Å². The predicted molar refractivity (Wildman–Crippen MR) is 130 cm³/mol. The van der Waals surface area contributed by atoms with Crippen molar-refractivity contribution in [2.24, 2.45) is 5.73 Å². The normalized spacial score (nSPS) is 15.9. The molecule has 4 heteroatoms. The summed E-state index contributed by atoms with van der Waals surface area (Å²) >= 11 is 0. The van der Waals surface area contributed by atoms with Gasteiger partial charge in [0.15, 0.2) is 0 Å². The number of nitrogens with two attached hydrogens (primary N) is 1. The first-order valence-electron chi connectivity index (χ1n) is 11.6. The number of primary amides is 1. The quantitative estimate of drug-likeness (QED) is 0.590. The number of amides is 1. The molecule has 0 saturated carbocycles. The van der Waals surface area contributed by atoms with Gasteiger partial charge in [-0.15, -0.1) is 0 Å². The lowest BCUT2D eigenvalue weighted by molar-refractivity contribution is -0.122. The second-order valence-corrected chi connectivity index (χ2v) is 8.71. The molecular weight excluding hydrogens is 394 g/mol. The number of nitrogens with zero attached hydrogens (tertiary/aromatic N) is 2. The number of carbonyl (C=O) groups excluding carboxylic acids is 1. The Labute approximate surface area is 191 Å². The van der Waals surface area contributed by atoms with Crippen LogP contribution in [0.1, 0.15) is 29.5 Å². The first-order chi connectivity index (χ1) is 15.7. The van der Waals surface area contributed by atoms with Gasteiger partial charge < -0.3 is 10.6 Å². The van der Waals surface area contributed by atoms with Crippen LogP contribution in [-0.2, 0) is 16.8 Å². The van der Waals surface area contributed by atoms with E-state index in [9.17, 15) is 4.79 Å². The van der Waals surface area contributed by atoms with E-state index in [1.807, 2.05) is 60.7 Å². The monoisotopic (exact) mass is 427 g/mol. The van der Waals surface area contributed by atoms with Crippen LogP contribution in [0, 0.1) is 0 Å². The number of carbonyl (C=O) groups is 1. The van der Waals surface area contributed by atoms with E-state index >= 15 is 0 Å². The van der Waals surface area contributed by atoms with E-state index in [2.05, 4.69) is 40.1 Å². The average Bonchev–Trinajstić information content (AvgIpc) is 3.06. The highest BCUT2D eigenvalue weighted by molar-refractivity contribution is 5.90. The number of hydrogen-bond acceptors (Lipinski definition) is 3. The number of hydrogen-bond donors (Lipinski definition) is 1. The summed E-state index contributed by atoms with van der Waals surface area (Å²) < 4.78 is 0.